The molecule has 0 heterocycles. The van der Waals surface area contributed by atoms with Crippen molar-refractivity contribution in [1.82, 2.24) is 0 Å². The molecule has 11 heteroatoms. The molecule has 258 valence electrons. The third kappa shape index (κ3) is 41.3. The zero-order valence-corrected chi connectivity index (χ0v) is 32.3. The van der Waals surface area contributed by atoms with E-state index in [0.717, 1.165) is 103 Å². The summed E-state index contributed by atoms with van der Waals surface area (Å²) in [6, 6.07) is 0. The van der Waals surface area contributed by atoms with Gasteiger partial charge in [-0.25, -0.2) is 0 Å². The summed E-state index contributed by atoms with van der Waals surface area (Å²) in [6.07, 6.45) is 14.9. The van der Waals surface area contributed by atoms with E-state index in [4.69, 9.17) is 20.4 Å². The van der Waals surface area contributed by atoms with Crippen molar-refractivity contribution < 1.29 is 90.6 Å². The van der Waals surface area contributed by atoms with Gasteiger partial charge in [0, 0.05) is 0 Å². The van der Waals surface area contributed by atoms with Crippen molar-refractivity contribution in [1.29, 1.82) is 0 Å². The summed E-state index contributed by atoms with van der Waals surface area (Å²) in [4.78, 5) is 41.7. The second-order valence-electron chi connectivity index (χ2n) is 10.3. The molecule has 0 saturated carbocycles. The van der Waals surface area contributed by atoms with Crippen LogP contribution in [0.1, 0.15) is 158 Å². The number of hydrogen-bond acceptors (Lipinski definition) is 4. The van der Waals surface area contributed by atoms with Crippen LogP contribution in [0.25, 0.3) is 0 Å². The molecule has 0 saturated heterocycles. The first-order valence-corrected chi connectivity index (χ1v) is 15.8. The summed E-state index contributed by atoms with van der Waals surface area (Å²) >= 11 is 0. The second kappa shape index (κ2) is 43.5. The van der Waals surface area contributed by atoms with Gasteiger partial charge in [0.05, 0.1) is 23.7 Å². The molecular weight excluding hydrogens is 674 g/mol. The quantitative estimate of drug-likeness (QED) is 0.149. The maximum Gasteiger partial charge on any atom is 2.00 e. The van der Waals surface area contributed by atoms with E-state index < -0.39 is 23.9 Å². The smallest absolute Gasteiger partial charge is 1.00 e. The molecule has 0 rings (SSSR count). The van der Waals surface area contributed by atoms with Gasteiger partial charge in [-0.15, -0.1) is 0 Å². The zero-order chi connectivity index (χ0) is 31.9. The molecule has 43 heavy (non-hydrogen) atoms. The zero-order valence-electron chi connectivity index (χ0n) is 28.3. The Morgan fingerprint density at radius 2 is 0.535 bits per heavy atom. The summed E-state index contributed by atoms with van der Waals surface area (Å²) in [5.74, 6) is -3.02. The minimum atomic E-state index is -0.643. The molecule has 0 amide bonds. The maximum absolute atomic E-state index is 10.4. The molecule has 0 bridgehead atoms. The number of rotatable bonds is 20. The van der Waals surface area contributed by atoms with Crippen molar-refractivity contribution >= 4 is 23.9 Å². The van der Waals surface area contributed by atoms with E-state index >= 15 is 0 Å². The summed E-state index contributed by atoms with van der Waals surface area (Å²) in [7, 11) is 0. The average molecular weight is 739 g/mol. The van der Waals surface area contributed by atoms with Gasteiger partial charge in [0.1, 0.15) is 0 Å². The first-order chi connectivity index (χ1) is 18.9. The van der Waals surface area contributed by atoms with Crippen LogP contribution in [0.2, 0.25) is 0 Å². The third-order valence-electron chi connectivity index (χ3n) is 6.99. The van der Waals surface area contributed by atoms with Gasteiger partial charge in [-0.3, -0.25) is 19.2 Å². The molecular formula is C32H64Cl2O8Zr. The van der Waals surface area contributed by atoms with Crippen LogP contribution < -0.4 is 24.8 Å². The summed E-state index contributed by atoms with van der Waals surface area (Å²) in [6.45, 7) is 16.0. The van der Waals surface area contributed by atoms with Crippen molar-refractivity contribution in [2.45, 2.75) is 158 Å². The minimum Gasteiger partial charge on any atom is -1.00 e. The van der Waals surface area contributed by atoms with Gasteiger partial charge >= 0.3 is 50.1 Å². The number of unbranched alkanes of at least 4 members (excludes halogenated alkanes) is 4. The van der Waals surface area contributed by atoms with Gasteiger partial charge < -0.3 is 45.2 Å². The molecule has 8 nitrogen and oxygen atoms in total. The van der Waals surface area contributed by atoms with E-state index in [0.29, 0.717) is 0 Å². The molecule has 0 aromatic carbocycles. The topological polar surface area (TPSA) is 149 Å². The van der Waals surface area contributed by atoms with Gasteiger partial charge in [0.2, 0.25) is 0 Å². The Hall–Kier alpha value is -0.657. The van der Waals surface area contributed by atoms with Gasteiger partial charge in [-0.2, -0.15) is 0 Å². The number of aliphatic carboxylic acids is 4. The molecule has 0 aliphatic heterocycles. The van der Waals surface area contributed by atoms with Gasteiger partial charge in [-0.05, 0) is 51.4 Å². The van der Waals surface area contributed by atoms with Crippen LogP contribution >= 0.6 is 0 Å². The predicted molar refractivity (Wildman–Crippen MR) is 164 cm³/mol. The molecule has 0 fully saturated rings. The SMILES string of the molecule is CCCCC(CC)C(=O)O.CCCCC(CC)C(=O)O.CCCCC(CC)C(=O)O.CCCCC(CC)C(=O)O.[Cl-].[Cl-].[Zr+2]. The molecule has 0 aromatic rings. The van der Waals surface area contributed by atoms with Crippen molar-refractivity contribution in [2.24, 2.45) is 23.7 Å². The molecule has 0 aromatic heterocycles. The van der Waals surface area contributed by atoms with Crippen molar-refractivity contribution in [2.75, 3.05) is 0 Å². The van der Waals surface area contributed by atoms with Crippen molar-refractivity contribution in [3.8, 4) is 0 Å². The number of hydrogen-bond donors (Lipinski definition) is 4. The van der Waals surface area contributed by atoms with E-state index in [9.17, 15) is 19.2 Å². The largest absolute Gasteiger partial charge is 2.00 e. The first kappa shape index (κ1) is 57.9. The molecule has 4 unspecified atom stereocenters. The van der Waals surface area contributed by atoms with Crippen LogP contribution in [0, 0.1) is 23.7 Å². The van der Waals surface area contributed by atoms with E-state index in [2.05, 4.69) is 27.7 Å². The Balaban J connectivity index is -0.0000000785. The molecule has 0 aliphatic rings. The standard InChI is InChI=1S/4C8H16O2.2ClH.Zr/c4*1-3-5-6-7(4-2)8(9)10;;;/h4*7H,3-6H2,1-2H3,(H,9,10);2*1H;/q;;;;;;+2/p-2. The van der Waals surface area contributed by atoms with E-state index in [1.54, 1.807) is 0 Å². The summed E-state index contributed by atoms with van der Waals surface area (Å²) < 4.78 is 0. The van der Waals surface area contributed by atoms with Crippen LogP contribution in [0.3, 0.4) is 0 Å². The first-order valence-electron chi connectivity index (χ1n) is 15.8. The number of carbonyl (C=O) groups is 4. The fourth-order valence-corrected chi connectivity index (χ4v) is 3.81. The molecule has 4 atom stereocenters. The molecule has 0 spiro atoms. The summed E-state index contributed by atoms with van der Waals surface area (Å²) in [5.41, 5.74) is 0. The van der Waals surface area contributed by atoms with Gasteiger partial charge in [-0.1, -0.05) is 107 Å². The Kier molecular flexibility index (Phi) is 58.6. The molecule has 0 aliphatic carbocycles. The van der Waals surface area contributed by atoms with E-state index in [1.807, 2.05) is 27.7 Å². The average Bonchev–Trinajstić information content (AvgIpc) is 2.91. The van der Waals surface area contributed by atoms with E-state index in [1.165, 1.54) is 0 Å². The van der Waals surface area contributed by atoms with Crippen LogP contribution in [-0.4, -0.2) is 44.3 Å². The van der Waals surface area contributed by atoms with Crippen LogP contribution in [-0.2, 0) is 45.4 Å². The fraction of sp³-hybridized carbons (Fsp3) is 0.875. The van der Waals surface area contributed by atoms with Crippen LogP contribution in [0.15, 0.2) is 0 Å². The second-order valence-corrected chi connectivity index (χ2v) is 10.3. The number of carboxylic acids is 4. The van der Waals surface area contributed by atoms with Crippen molar-refractivity contribution in [3.63, 3.8) is 0 Å². The predicted octanol–water partition coefficient (Wildman–Crippen LogP) is 3.16. The number of carboxylic acid groups (broad SMARTS) is 4. The van der Waals surface area contributed by atoms with Crippen molar-refractivity contribution in [3.05, 3.63) is 0 Å². The third-order valence-corrected chi connectivity index (χ3v) is 6.99. The van der Waals surface area contributed by atoms with E-state index in [-0.39, 0.29) is 74.7 Å². The summed E-state index contributed by atoms with van der Waals surface area (Å²) in [5, 5.41) is 34.4. The number of halogens is 2. The minimum absolute atomic E-state index is 0. The van der Waals surface area contributed by atoms with Crippen LogP contribution in [0.4, 0.5) is 0 Å². The molecule has 0 radical (unpaired) electrons. The maximum atomic E-state index is 10.4. The Morgan fingerprint density at radius 1 is 0.395 bits per heavy atom. The molecule has 4 N–H and O–H groups in total. The Morgan fingerprint density at radius 3 is 0.605 bits per heavy atom. The normalized spacial score (nSPS) is 12.1. The Labute approximate surface area is 294 Å². The van der Waals surface area contributed by atoms with Crippen LogP contribution in [0.5, 0.6) is 0 Å². The van der Waals surface area contributed by atoms with Gasteiger partial charge in [0.15, 0.2) is 0 Å². The fourth-order valence-electron chi connectivity index (χ4n) is 3.81. The monoisotopic (exact) mass is 736 g/mol. The Bertz CT molecular complexity index is 520. The van der Waals surface area contributed by atoms with Gasteiger partial charge in [0.25, 0.3) is 0 Å².